The third-order valence-electron chi connectivity index (χ3n) is 3.33. The summed E-state index contributed by atoms with van der Waals surface area (Å²) in [5.41, 5.74) is 6.33. The minimum absolute atomic E-state index is 0.464. The lowest BCUT2D eigenvalue weighted by Gasteiger charge is -2.28. The molecule has 2 saturated heterocycles. The highest BCUT2D eigenvalue weighted by atomic mass is 32.2. The van der Waals surface area contributed by atoms with E-state index in [2.05, 4.69) is 10.9 Å². The minimum atomic E-state index is -0.464. The van der Waals surface area contributed by atoms with Gasteiger partial charge in [0.2, 0.25) is 0 Å². The van der Waals surface area contributed by atoms with E-state index in [1.54, 1.807) is 0 Å². The molecule has 0 unspecified atom stereocenters. The summed E-state index contributed by atoms with van der Waals surface area (Å²) in [6.07, 6.45) is -0.464. The minimum Gasteiger partial charge on any atom is -0.391 e. The fraction of sp³-hybridized carbons (Fsp3) is 0.846. The number of morpholine rings is 2. The predicted octanol–water partition coefficient (Wildman–Crippen LogP) is 0.0571. The van der Waals surface area contributed by atoms with E-state index in [9.17, 15) is 5.11 Å². The van der Waals surface area contributed by atoms with Gasteiger partial charge in [0.1, 0.15) is 8.64 Å². The van der Waals surface area contributed by atoms with Gasteiger partial charge in [-0.1, -0.05) is 48.0 Å². The van der Waals surface area contributed by atoms with Crippen LogP contribution in [0.4, 0.5) is 0 Å². The number of aliphatic hydroxyl groups is 1. The van der Waals surface area contributed by atoms with Crippen LogP contribution in [0.3, 0.4) is 0 Å². The zero-order valence-corrected chi connectivity index (χ0v) is 16.7. The predicted molar refractivity (Wildman–Crippen MR) is 107 cm³/mol. The Kier molecular flexibility index (Phi) is 10.1. The molecule has 2 aliphatic heterocycles. The van der Waals surface area contributed by atoms with Crippen LogP contribution in [0.25, 0.3) is 0 Å². The first-order valence-corrected chi connectivity index (χ1v) is 10.6. The summed E-state index contributed by atoms with van der Waals surface area (Å²) < 4.78 is 11.9. The molecule has 24 heavy (non-hydrogen) atoms. The monoisotopic (exact) mass is 412 g/mol. The Labute approximate surface area is 162 Å². The number of hydrazine groups is 2. The number of nitrogens with one attached hydrogen (secondary N) is 2. The Balaban J connectivity index is 1.52. The Morgan fingerprint density at radius 1 is 0.875 bits per heavy atom. The van der Waals surface area contributed by atoms with Gasteiger partial charge in [0.25, 0.3) is 0 Å². The van der Waals surface area contributed by atoms with E-state index in [0.717, 1.165) is 26.2 Å². The molecule has 0 aromatic carbocycles. The Hall–Kier alpha value is 0.280. The molecule has 0 radical (unpaired) electrons. The van der Waals surface area contributed by atoms with E-state index >= 15 is 0 Å². The molecule has 7 nitrogen and oxygen atoms in total. The van der Waals surface area contributed by atoms with Gasteiger partial charge in [0.05, 0.1) is 32.5 Å². The molecule has 0 aromatic rings. The molecule has 2 fully saturated rings. The lowest BCUT2D eigenvalue weighted by atomic mass is 10.5. The highest BCUT2D eigenvalue weighted by Crippen LogP contribution is 2.12. The zero-order chi connectivity index (χ0) is 17.2. The maximum atomic E-state index is 10.1. The number of ether oxygens (including phenoxy) is 2. The fourth-order valence-corrected chi connectivity index (χ4v) is 4.19. The average Bonchev–Trinajstić information content (AvgIpc) is 2.60. The van der Waals surface area contributed by atoms with E-state index in [0.29, 0.717) is 46.6 Å². The van der Waals surface area contributed by atoms with Gasteiger partial charge in [-0.3, -0.25) is 0 Å². The van der Waals surface area contributed by atoms with E-state index in [1.165, 1.54) is 23.5 Å². The van der Waals surface area contributed by atoms with Gasteiger partial charge in [0, 0.05) is 37.7 Å². The molecular weight excluding hydrogens is 388 g/mol. The van der Waals surface area contributed by atoms with Gasteiger partial charge in [0.15, 0.2) is 0 Å². The van der Waals surface area contributed by atoms with E-state index in [1.807, 2.05) is 10.0 Å². The molecule has 138 valence electrons. The first-order chi connectivity index (χ1) is 11.6. The van der Waals surface area contributed by atoms with Gasteiger partial charge < -0.3 is 25.4 Å². The second-order valence-corrected chi connectivity index (χ2v) is 8.67. The van der Waals surface area contributed by atoms with Crippen molar-refractivity contribution < 1.29 is 14.6 Å². The Bertz CT molecular complexity index is 371. The lowest BCUT2D eigenvalue weighted by Crippen LogP contribution is -2.47. The molecule has 0 amide bonds. The average molecular weight is 413 g/mol. The summed E-state index contributed by atoms with van der Waals surface area (Å²) in [6, 6.07) is 0. The molecule has 2 aliphatic rings. The second-order valence-electron chi connectivity index (χ2n) is 5.27. The molecule has 11 heteroatoms. The van der Waals surface area contributed by atoms with Crippen LogP contribution in [0.5, 0.6) is 0 Å². The second kappa shape index (κ2) is 11.8. The smallest absolute Gasteiger partial charge is 0.148 e. The number of thiocarbonyl (C=S) groups is 2. The van der Waals surface area contributed by atoms with Crippen LogP contribution in [-0.2, 0) is 9.47 Å². The number of hydrogen-bond donors (Lipinski definition) is 3. The number of nitrogens with zero attached hydrogens (tertiary/aromatic N) is 2. The largest absolute Gasteiger partial charge is 0.391 e. The van der Waals surface area contributed by atoms with Crippen LogP contribution in [0.15, 0.2) is 0 Å². The summed E-state index contributed by atoms with van der Waals surface area (Å²) in [4.78, 5) is 0. The van der Waals surface area contributed by atoms with Gasteiger partial charge in [-0.05, 0) is 0 Å². The van der Waals surface area contributed by atoms with E-state index in [-0.39, 0.29) is 0 Å². The number of hydrogen-bond acceptors (Lipinski definition) is 9. The molecule has 2 heterocycles. The maximum Gasteiger partial charge on any atom is 0.148 e. The number of thioether (sulfide) groups is 2. The molecular formula is C13H24N4O3S4. The van der Waals surface area contributed by atoms with Crippen LogP contribution >= 0.6 is 48.0 Å². The maximum absolute atomic E-state index is 10.1. The van der Waals surface area contributed by atoms with Crippen molar-refractivity contribution in [2.45, 2.75) is 6.10 Å². The van der Waals surface area contributed by atoms with Crippen molar-refractivity contribution in [3.8, 4) is 0 Å². The standard InChI is InChI=1S/C13H24N4O3S4/c18-11(9-23-12(21)14-16-1-5-19-6-2-16)10-24-13(22)15-17-3-7-20-8-4-17/h11,18H,1-10H2,(H,14,21)(H,15,22). The quantitative estimate of drug-likeness (QED) is 0.519. The number of rotatable bonds is 6. The lowest BCUT2D eigenvalue weighted by molar-refractivity contribution is 0.0257. The van der Waals surface area contributed by atoms with Gasteiger partial charge >= 0.3 is 0 Å². The van der Waals surface area contributed by atoms with E-state index < -0.39 is 6.10 Å². The Morgan fingerprint density at radius 2 is 1.25 bits per heavy atom. The van der Waals surface area contributed by atoms with Crippen molar-refractivity contribution in [1.29, 1.82) is 0 Å². The van der Waals surface area contributed by atoms with Gasteiger partial charge in [-0.2, -0.15) is 0 Å². The van der Waals surface area contributed by atoms with Crippen molar-refractivity contribution >= 4 is 56.6 Å². The molecule has 0 aliphatic carbocycles. The fourth-order valence-electron chi connectivity index (χ4n) is 2.06. The summed E-state index contributed by atoms with van der Waals surface area (Å²) >= 11 is 13.5. The first kappa shape index (κ1) is 20.6. The van der Waals surface area contributed by atoms with Gasteiger partial charge in [-0.15, -0.1) is 0 Å². The summed E-state index contributed by atoms with van der Waals surface area (Å²) in [7, 11) is 0. The Morgan fingerprint density at radius 3 is 1.62 bits per heavy atom. The van der Waals surface area contributed by atoms with Crippen LogP contribution in [-0.4, -0.2) is 94.0 Å². The highest BCUT2D eigenvalue weighted by molar-refractivity contribution is 8.23. The number of aliphatic hydroxyl groups excluding tert-OH is 1. The van der Waals surface area contributed by atoms with Crippen LogP contribution in [0.2, 0.25) is 0 Å². The van der Waals surface area contributed by atoms with Crippen molar-refractivity contribution in [1.82, 2.24) is 20.9 Å². The topological polar surface area (TPSA) is 69.2 Å². The molecule has 0 spiro atoms. The third kappa shape index (κ3) is 8.59. The van der Waals surface area contributed by atoms with Crippen LogP contribution in [0.1, 0.15) is 0 Å². The zero-order valence-electron chi connectivity index (χ0n) is 13.4. The van der Waals surface area contributed by atoms with Gasteiger partial charge in [-0.25, -0.2) is 10.0 Å². The molecule has 0 atom stereocenters. The highest BCUT2D eigenvalue weighted by Gasteiger charge is 2.15. The third-order valence-corrected chi connectivity index (χ3v) is 6.03. The summed E-state index contributed by atoms with van der Waals surface area (Å²) in [6.45, 7) is 6.14. The van der Waals surface area contributed by atoms with Crippen molar-refractivity contribution in [2.24, 2.45) is 0 Å². The first-order valence-electron chi connectivity index (χ1n) is 7.84. The normalized spacial score (nSPS) is 20.1. The van der Waals surface area contributed by atoms with Crippen molar-refractivity contribution in [3.63, 3.8) is 0 Å². The molecule has 0 saturated carbocycles. The molecule has 3 N–H and O–H groups in total. The van der Waals surface area contributed by atoms with Crippen LogP contribution < -0.4 is 10.9 Å². The molecule has 0 bridgehead atoms. The van der Waals surface area contributed by atoms with E-state index in [4.69, 9.17) is 33.9 Å². The molecule has 0 aromatic heterocycles. The SMILES string of the molecule is OC(CSC(=S)NN1CCOCC1)CSC(=S)NN1CCOCC1. The van der Waals surface area contributed by atoms with Crippen molar-refractivity contribution in [3.05, 3.63) is 0 Å². The van der Waals surface area contributed by atoms with Crippen molar-refractivity contribution in [2.75, 3.05) is 64.1 Å². The van der Waals surface area contributed by atoms with Crippen LogP contribution in [0, 0.1) is 0 Å². The molecule has 2 rings (SSSR count). The summed E-state index contributed by atoms with van der Waals surface area (Å²) in [5.74, 6) is 1.09. The summed E-state index contributed by atoms with van der Waals surface area (Å²) in [5, 5.41) is 14.2.